The Labute approximate surface area is 266 Å². The molecular weight excluding hydrogens is 572 g/mol. The van der Waals surface area contributed by atoms with Crippen LogP contribution in [0.3, 0.4) is 0 Å². The van der Waals surface area contributed by atoms with E-state index in [1.54, 1.807) is 6.07 Å². The number of amides is 1. The number of fused-ring (bicyclic) bond motifs is 1. The van der Waals surface area contributed by atoms with Crippen molar-refractivity contribution in [2.24, 2.45) is 0 Å². The molecule has 8 heteroatoms. The Kier molecular flexibility index (Phi) is 15.5. The maximum Gasteiger partial charge on any atom is 0.294 e. The van der Waals surface area contributed by atoms with Crippen LogP contribution in [0.5, 0.6) is 5.75 Å². The van der Waals surface area contributed by atoms with Crippen molar-refractivity contribution in [2.45, 2.75) is 140 Å². The molecule has 0 aliphatic heterocycles. The summed E-state index contributed by atoms with van der Waals surface area (Å²) in [6, 6.07) is 7.74. The van der Waals surface area contributed by atoms with E-state index in [1.165, 1.54) is 102 Å². The molecule has 0 fully saturated rings. The van der Waals surface area contributed by atoms with E-state index in [2.05, 4.69) is 12.2 Å². The molecule has 0 saturated heterocycles. The van der Waals surface area contributed by atoms with Crippen LogP contribution in [0.2, 0.25) is 0 Å². The number of phenols is 1. The van der Waals surface area contributed by atoms with Gasteiger partial charge in [-0.15, -0.1) is 0 Å². The highest BCUT2D eigenvalue weighted by atomic mass is 32.2. The fraction of sp³-hybridized carbons (Fsp3) is 0.639. The van der Waals surface area contributed by atoms with Crippen molar-refractivity contribution in [3.63, 3.8) is 0 Å². The molecule has 2 aromatic carbocycles. The molecule has 246 valence electrons. The van der Waals surface area contributed by atoms with E-state index in [9.17, 15) is 22.9 Å². The number of aryl methyl sites for hydroxylation is 1. The van der Waals surface area contributed by atoms with Crippen LogP contribution in [0.1, 0.15) is 144 Å². The third-order valence-corrected chi connectivity index (χ3v) is 9.87. The van der Waals surface area contributed by atoms with E-state index in [-0.39, 0.29) is 16.2 Å². The van der Waals surface area contributed by atoms with Crippen LogP contribution >= 0.6 is 0 Å². The molecule has 44 heavy (non-hydrogen) atoms. The number of hydrogen-bond donors (Lipinski definition) is 3. The van der Waals surface area contributed by atoms with Crippen molar-refractivity contribution < 1.29 is 22.9 Å². The van der Waals surface area contributed by atoms with E-state index in [4.69, 9.17) is 0 Å². The third kappa shape index (κ3) is 11.7. The zero-order valence-corrected chi connectivity index (χ0v) is 28.0. The Morgan fingerprint density at radius 1 is 0.795 bits per heavy atom. The molecule has 0 radical (unpaired) electrons. The van der Waals surface area contributed by atoms with E-state index in [1.807, 2.05) is 18.0 Å². The molecule has 0 aromatic heterocycles. The minimum atomic E-state index is -4.40. The first kappa shape index (κ1) is 35.9. The van der Waals surface area contributed by atoms with Crippen LogP contribution < -0.4 is 10.2 Å². The maximum atomic E-state index is 13.2. The molecule has 1 amide bonds. The largest absolute Gasteiger partial charge is 0.507 e. The summed E-state index contributed by atoms with van der Waals surface area (Å²) in [5.41, 5.74) is 3.06. The first-order valence-electron chi connectivity index (χ1n) is 17.2. The molecule has 7 nitrogen and oxygen atoms in total. The molecule has 1 aliphatic rings. The Morgan fingerprint density at radius 3 is 1.91 bits per heavy atom. The number of hydrogen-bond acceptors (Lipinski definition) is 5. The third-order valence-electron chi connectivity index (χ3n) is 9.02. The van der Waals surface area contributed by atoms with E-state index < -0.39 is 16.0 Å². The van der Waals surface area contributed by atoms with E-state index >= 15 is 0 Å². The van der Waals surface area contributed by atoms with Crippen molar-refractivity contribution >= 4 is 27.4 Å². The molecule has 0 heterocycles. The summed E-state index contributed by atoms with van der Waals surface area (Å²) in [6.07, 6.45) is 24.4. The Balaban J connectivity index is 1.43. The van der Waals surface area contributed by atoms with Crippen molar-refractivity contribution in [1.82, 2.24) is 0 Å². The minimum Gasteiger partial charge on any atom is -0.507 e. The monoisotopic (exact) mass is 628 g/mol. The average molecular weight is 629 g/mol. The normalized spacial score (nSPS) is 13.1. The second-order valence-corrected chi connectivity index (χ2v) is 14.1. The lowest BCUT2D eigenvalue weighted by molar-refractivity contribution is 0.102. The summed E-state index contributed by atoms with van der Waals surface area (Å²) in [5.74, 6) is -0.426. The molecule has 3 N–H and O–H groups in total. The van der Waals surface area contributed by atoms with Crippen molar-refractivity contribution in [3.8, 4) is 5.75 Å². The number of carbonyl (C=O) groups is 1. The first-order valence-corrected chi connectivity index (χ1v) is 18.6. The summed E-state index contributed by atoms with van der Waals surface area (Å²) in [5, 5.41) is 13.7. The van der Waals surface area contributed by atoms with Crippen molar-refractivity contribution in [1.29, 1.82) is 0 Å². The van der Waals surface area contributed by atoms with Crippen LogP contribution in [0.4, 0.5) is 11.4 Å². The van der Waals surface area contributed by atoms with Gasteiger partial charge in [0, 0.05) is 13.6 Å². The van der Waals surface area contributed by atoms with Gasteiger partial charge in [-0.2, -0.15) is 8.42 Å². The SMILES string of the molecule is CCCCCCCCCCCCCCCCCCN(C)c1cc(S(=O)(=O)O)ccc1NC(=O)c1ccc2c(c1O)CCCC2. The van der Waals surface area contributed by atoms with Gasteiger partial charge in [0.05, 0.1) is 21.8 Å². The van der Waals surface area contributed by atoms with Gasteiger partial charge in [-0.3, -0.25) is 9.35 Å². The number of phenolic OH excluding ortho intramolecular Hbond substituents is 1. The first-order chi connectivity index (χ1) is 21.2. The quantitative estimate of drug-likeness (QED) is 0.0939. The molecule has 0 spiro atoms. The second-order valence-electron chi connectivity index (χ2n) is 12.6. The fourth-order valence-corrected chi connectivity index (χ4v) is 6.79. The number of nitrogens with zero attached hydrogens (tertiary/aromatic N) is 1. The summed E-state index contributed by atoms with van der Waals surface area (Å²) in [4.78, 5) is 14.9. The van der Waals surface area contributed by atoms with Crippen LogP contribution in [-0.4, -0.2) is 37.6 Å². The van der Waals surface area contributed by atoms with Gasteiger partial charge in [0.15, 0.2) is 0 Å². The zero-order valence-electron chi connectivity index (χ0n) is 27.2. The standard InChI is InChI=1S/C36H56N2O5S/c1-3-4-5-6-7-8-9-10-11-12-13-14-15-16-17-20-27-38(2)34-28-30(44(41,42)43)24-26-33(34)37-36(40)32-25-23-29-21-18-19-22-31(29)35(32)39/h23-26,28,39H,3-22,27H2,1-2H3,(H,37,40)(H,41,42,43). The predicted octanol–water partition coefficient (Wildman–Crippen LogP) is 9.47. The van der Waals surface area contributed by atoms with Gasteiger partial charge in [-0.05, 0) is 67.5 Å². The summed E-state index contributed by atoms with van der Waals surface area (Å²) < 4.78 is 33.4. The van der Waals surface area contributed by atoms with Crippen LogP contribution in [-0.2, 0) is 23.0 Å². The predicted molar refractivity (Wildman–Crippen MR) is 182 cm³/mol. The molecule has 0 unspecified atom stereocenters. The Bertz CT molecular complexity index is 1280. The van der Waals surface area contributed by atoms with Crippen LogP contribution in [0, 0.1) is 0 Å². The van der Waals surface area contributed by atoms with Gasteiger partial charge in [0.1, 0.15) is 5.75 Å². The van der Waals surface area contributed by atoms with Gasteiger partial charge in [-0.25, -0.2) is 0 Å². The molecule has 0 saturated carbocycles. The van der Waals surface area contributed by atoms with Gasteiger partial charge < -0.3 is 15.3 Å². The summed E-state index contributed by atoms with van der Waals surface area (Å²) in [6.45, 7) is 2.95. The smallest absolute Gasteiger partial charge is 0.294 e. The number of carbonyl (C=O) groups excluding carboxylic acids is 1. The van der Waals surface area contributed by atoms with Gasteiger partial charge in [-0.1, -0.05) is 109 Å². The number of nitrogens with one attached hydrogen (secondary N) is 1. The number of anilines is 2. The van der Waals surface area contributed by atoms with Crippen molar-refractivity contribution in [2.75, 3.05) is 23.8 Å². The molecular formula is C36H56N2O5S. The van der Waals surface area contributed by atoms with Gasteiger partial charge in [0.25, 0.3) is 16.0 Å². The fourth-order valence-electron chi connectivity index (χ4n) is 6.29. The maximum absolute atomic E-state index is 13.2. The highest BCUT2D eigenvalue weighted by molar-refractivity contribution is 7.85. The lowest BCUT2D eigenvalue weighted by Crippen LogP contribution is -2.22. The van der Waals surface area contributed by atoms with Gasteiger partial charge >= 0.3 is 0 Å². The van der Waals surface area contributed by atoms with Crippen LogP contribution in [0.25, 0.3) is 0 Å². The highest BCUT2D eigenvalue weighted by Gasteiger charge is 2.22. The topological polar surface area (TPSA) is 107 Å². The average Bonchev–Trinajstić information content (AvgIpc) is 3.00. The van der Waals surface area contributed by atoms with Crippen molar-refractivity contribution in [3.05, 3.63) is 47.0 Å². The molecule has 0 bridgehead atoms. The van der Waals surface area contributed by atoms with Gasteiger partial charge in [0.2, 0.25) is 0 Å². The highest BCUT2D eigenvalue weighted by Crippen LogP contribution is 2.34. The number of unbranched alkanes of at least 4 members (excludes halogenated alkanes) is 15. The second kappa shape index (κ2) is 19.1. The zero-order chi connectivity index (χ0) is 31.8. The minimum absolute atomic E-state index is 0.0253. The van der Waals surface area contributed by atoms with E-state index in [0.29, 0.717) is 17.9 Å². The lowest BCUT2D eigenvalue weighted by Gasteiger charge is -2.24. The molecule has 2 aromatic rings. The number of aromatic hydroxyl groups is 1. The molecule has 1 aliphatic carbocycles. The summed E-state index contributed by atoms with van der Waals surface area (Å²) >= 11 is 0. The number of benzene rings is 2. The Hall–Kier alpha value is -2.58. The number of rotatable bonds is 21. The molecule has 0 atom stereocenters. The lowest BCUT2D eigenvalue weighted by atomic mass is 9.89. The Morgan fingerprint density at radius 2 is 1.34 bits per heavy atom. The van der Waals surface area contributed by atoms with Crippen LogP contribution in [0.15, 0.2) is 35.2 Å². The summed E-state index contributed by atoms with van der Waals surface area (Å²) in [7, 11) is -2.54. The van der Waals surface area contributed by atoms with E-state index in [0.717, 1.165) is 56.1 Å². The molecule has 3 rings (SSSR count).